The number of carbonyl (C=O) groups is 3. The van der Waals surface area contributed by atoms with Gasteiger partial charge in [0.05, 0.1) is 25.2 Å². The van der Waals surface area contributed by atoms with E-state index < -0.39 is 38.0 Å². The lowest BCUT2D eigenvalue weighted by atomic mass is 9.87. The molecule has 16 nitrogen and oxygen atoms in total. The van der Waals surface area contributed by atoms with Gasteiger partial charge in [0.1, 0.15) is 24.3 Å². The van der Waals surface area contributed by atoms with Crippen LogP contribution in [0.2, 0.25) is 0 Å². The van der Waals surface area contributed by atoms with E-state index in [-0.39, 0.29) is 48.5 Å². The number of hydrogen-bond donors (Lipinski definition) is 6. The smallest absolute Gasteiger partial charge is 0.383 e. The zero-order chi connectivity index (χ0) is 30.8. The molecule has 2 heterocycles. The fourth-order valence-electron chi connectivity index (χ4n) is 3.73. The molecule has 0 aliphatic carbocycles. The lowest BCUT2D eigenvalue weighted by Crippen LogP contribution is -2.46. The number of carbonyl (C=O) groups excluding carboxylic acids is 3. The molecular weight excluding hydrogens is 581 g/mol. The molecule has 0 saturated carbocycles. The van der Waals surface area contributed by atoms with E-state index in [4.69, 9.17) is 19.5 Å². The van der Waals surface area contributed by atoms with E-state index in [2.05, 4.69) is 25.9 Å². The Balaban J connectivity index is 1.77. The van der Waals surface area contributed by atoms with Gasteiger partial charge in [0.2, 0.25) is 11.8 Å². The Labute approximate surface area is 243 Å². The van der Waals surface area contributed by atoms with E-state index >= 15 is 0 Å². The van der Waals surface area contributed by atoms with Gasteiger partial charge in [-0.15, -0.1) is 0 Å². The number of aliphatic hydroxyl groups excluding tert-OH is 1. The number of nitrogens with two attached hydrogens (primary N) is 1. The summed E-state index contributed by atoms with van der Waals surface area (Å²) in [6.45, 7) is 3.58. The maximum atomic E-state index is 12.5. The summed E-state index contributed by atoms with van der Waals surface area (Å²) in [4.78, 5) is 55.1. The van der Waals surface area contributed by atoms with Crippen molar-refractivity contribution in [3.05, 3.63) is 6.33 Å². The number of thioether (sulfide) groups is 1. The van der Waals surface area contributed by atoms with E-state index in [1.54, 1.807) is 19.0 Å². The van der Waals surface area contributed by atoms with Gasteiger partial charge >= 0.3 is 7.82 Å². The molecule has 1 aliphatic rings. The summed E-state index contributed by atoms with van der Waals surface area (Å²) in [6, 6.07) is 0. The maximum Gasteiger partial charge on any atom is 0.472 e. The molecule has 41 heavy (non-hydrogen) atoms. The van der Waals surface area contributed by atoms with Crippen molar-refractivity contribution in [3.8, 4) is 0 Å². The second kappa shape index (κ2) is 15.6. The molecule has 2 rings (SSSR count). The first kappa shape index (κ1) is 34.7. The number of aliphatic hydroxyl groups is 1. The first-order valence-electron chi connectivity index (χ1n) is 12.8. The number of rotatable bonds is 16. The Kier molecular flexibility index (Phi) is 13.2. The Morgan fingerprint density at radius 3 is 2.66 bits per heavy atom. The average molecular weight is 622 g/mol. The SMILES string of the molecule is CNc1c(N)ncnc1N(C)C1CCC(COP(=O)(O)OCC(C)(C)C(O)C(=O)NCCC(=O)NCSC(C)=O)O1. The van der Waals surface area contributed by atoms with Gasteiger partial charge in [-0.25, -0.2) is 14.5 Å². The molecule has 0 radical (unpaired) electrons. The van der Waals surface area contributed by atoms with Crippen molar-refractivity contribution >= 4 is 53.8 Å². The number of phosphoric acid groups is 1. The predicted molar refractivity (Wildman–Crippen MR) is 153 cm³/mol. The standard InChI is InChI=1S/C23H40N7O9PS/c1-14(31)41-13-29-16(32)8-9-26-22(34)19(33)23(2,3)11-38-40(35,36)37-10-15-6-7-17(39-15)30(5)21-18(25-4)20(24)27-12-28-21/h12,15,17,19,25,33H,6-11,13H2,1-5H3,(H,26,34)(H,29,32)(H,35,36)(H2,24,27,28). The summed E-state index contributed by atoms with van der Waals surface area (Å²) in [7, 11) is -1.06. The van der Waals surface area contributed by atoms with Gasteiger partial charge < -0.3 is 41.3 Å². The number of nitrogens with one attached hydrogen (secondary N) is 3. The van der Waals surface area contributed by atoms with Crippen LogP contribution < -0.4 is 26.6 Å². The monoisotopic (exact) mass is 621 g/mol. The normalized spacial score (nSPS) is 19.2. The van der Waals surface area contributed by atoms with E-state index in [1.165, 1.54) is 27.1 Å². The van der Waals surface area contributed by atoms with Crippen LogP contribution in [0.1, 0.15) is 40.0 Å². The highest BCUT2D eigenvalue weighted by molar-refractivity contribution is 8.13. The minimum Gasteiger partial charge on any atom is -0.383 e. The average Bonchev–Trinajstić information content (AvgIpc) is 3.39. The number of ether oxygens (including phenoxy) is 1. The van der Waals surface area contributed by atoms with Crippen molar-refractivity contribution in [1.82, 2.24) is 20.6 Å². The number of hydrogen-bond acceptors (Lipinski definition) is 14. The van der Waals surface area contributed by atoms with Crippen LogP contribution in [0.5, 0.6) is 0 Å². The lowest BCUT2D eigenvalue weighted by Gasteiger charge is -2.30. The molecule has 7 N–H and O–H groups in total. The third-order valence-corrected chi connectivity index (χ3v) is 7.79. The molecule has 1 aromatic heterocycles. The number of anilines is 3. The molecule has 0 spiro atoms. The maximum absolute atomic E-state index is 12.5. The van der Waals surface area contributed by atoms with Crippen LogP contribution in [0, 0.1) is 5.41 Å². The molecule has 1 aliphatic heterocycles. The summed E-state index contributed by atoms with van der Waals surface area (Å²) in [5, 5.41) is 18.2. The fraction of sp³-hybridized carbons (Fsp3) is 0.696. The molecule has 0 bridgehead atoms. The van der Waals surface area contributed by atoms with Crippen LogP contribution in [0.4, 0.5) is 17.3 Å². The third kappa shape index (κ3) is 11.0. The highest BCUT2D eigenvalue weighted by Gasteiger charge is 2.38. The van der Waals surface area contributed by atoms with Gasteiger partial charge in [-0.2, -0.15) is 0 Å². The molecule has 1 saturated heterocycles. The highest BCUT2D eigenvalue weighted by Crippen LogP contribution is 2.46. The van der Waals surface area contributed by atoms with Gasteiger partial charge in [-0.1, -0.05) is 25.6 Å². The van der Waals surface area contributed by atoms with E-state index in [1.807, 2.05) is 0 Å². The second-order valence-corrected chi connectivity index (χ2v) is 12.6. The number of amides is 2. The molecule has 0 aromatic carbocycles. The zero-order valence-corrected chi connectivity index (χ0v) is 25.5. The van der Waals surface area contributed by atoms with E-state index in [0.29, 0.717) is 24.3 Å². The van der Waals surface area contributed by atoms with Crippen LogP contribution in [-0.4, -0.2) is 95.1 Å². The van der Waals surface area contributed by atoms with E-state index in [9.17, 15) is 28.9 Å². The van der Waals surface area contributed by atoms with Crippen LogP contribution >= 0.6 is 19.6 Å². The van der Waals surface area contributed by atoms with Gasteiger partial charge in [-0.3, -0.25) is 23.4 Å². The first-order chi connectivity index (χ1) is 19.2. The van der Waals surface area contributed by atoms with Crippen molar-refractivity contribution < 1.29 is 42.7 Å². The van der Waals surface area contributed by atoms with Crippen LogP contribution in [0.25, 0.3) is 0 Å². The third-order valence-electron chi connectivity index (χ3n) is 6.17. The van der Waals surface area contributed by atoms with Crippen molar-refractivity contribution in [2.45, 2.75) is 58.5 Å². The van der Waals surface area contributed by atoms with Crippen LogP contribution in [0.3, 0.4) is 0 Å². The van der Waals surface area contributed by atoms with E-state index in [0.717, 1.165) is 11.8 Å². The number of aromatic nitrogens is 2. The highest BCUT2D eigenvalue weighted by atomic mass is 32.2. The van der Waals surface area contributed by atoms with Crippen LogP contribution in [-0.2, 0) is 32.7 Å². The Bertz CT molecular complexity index is 1110. The van der Waals surface area contributed by atoms with Crippen molar-refractivity contribution in [2.24, 2.45) is 5.41 Å². The zero-order valence-electron chi connectivity index (χ0n) is 23.8. The number of nitrogens with zero attached hydrogens (tertiary/aromatic N) is 3. The molecule has 4 atom stereocenters. The summed E-state index contributed by atoms with van der Waals surface area (Å²) in [6.07, 6.45) is -0.0570. The van der Waals surface area contributed by atoms with Gasteiger partial charge in [0.25, 0.3) is 0 Å². The van der Waals surface area contributed by atoms with Crippen molar-refractivity contribution in [2.75, 3.05) is 55.7 Å². The summed E-state index contributed by atoms with van der Waals surface area (Å²) in [5.41, 5.74) is 5.19. The Hall–Kier alpha value is -2.53. The Morgan fingerprint density at radius 2 is 2.00 bits per heavy atom. The summed E-state index contributed by atoms with van der Waals surface area (Å²) in [5.74, 6) is -0.200. The van der Waals surface area contributed by atoms with Gasteiger partial charge in [-0.05, 0) is 12.8 Å². The van der Waals surface area contributed by atoms with Crippen molar-refractivity contribution in [3.63, 3.8) is 0 Å². The fourth-order valence-corrected chi connectivity index (χ4v) is 5.09. The summed E-state index contributed by atoms with van der Waals surface area (Å²) < 4.78 is 28.7. The lowest BCUT2D eigenvalue weighted by molar-refractivity contribution is -0.137. The minimum absolute atomic E-state index is 0.0521. The largest absolute Gasteiger partial charge is 0.472 e. The molecule has 232 valence electrons. The number of nitrogen functional groups attached to an aromatic ring is 1. The quantitative estimate of drug-likeness (QED) is 0.109. The number of phosphoric ester groups is 1. The minimum atomic E-state index is -4.55. The predicted octanol–water partition coefficient (Wildman–Crippen LogP) is 0.422. The van der Waals surface area contributed by atoms with Gasteiger partial charge in [0, 0.05) is 39.4 Å². The first-order valence-corrected chi connectivity index (χ1v) is 15.3. The van der Waals surface area contributed by atoms with Crippen LogP contribution in [0.15, 0.2) is 6.33 Å². The van der Waals surface area contributed by atoms with Crippen molar-refractivity contribution in [1.29, 1.82) is 0 Å². The topological polar surface area (TPSA) is 228 Å². The molecule has 4 unspecified atom stereocenters. The Morgan fingerprint density at radius 1 is 1.29 bits per heavy atom. The molecule has 18 heteroatoms. The molecular formula is C23H40N7O9PS. The molecule has 1 fully saturated rings. The summed E-state index contributed by atoms with van der Waals surface area (Å²) >= 11 is 0.943. The van der Waals surface area contributed by atoms with Gasteiger partial charge in [0.15, 0.2) is 16.8 Å². The second-order valence-electron chi connectivity index (χ2n) is 9.96. The molecule has 1 aromatic rings. The molecule has 2 amide bonds.